The van der Waals surface area contributed by atoms with Crippen LogP contribution in [0.1, 0.15) is 0 Å². The fourth-order valence-electron chi connectivity index (χ4n) is 1.23. The molecule has 2 aromatic rings. The molecule has 0 saturated carbocycles. The van der Waals surface area contributed by atoms with Crippen molar-refractivity contribution in [2.24, 2.45) is 0 Å². The summed E-state index contributed by atoms with van der Waals surface area (Å²) in [6, 6.07) is 5.08. The van der Waals surface area contributed by atoms with E-state index in [1.54, 1.807) is 18.2 Å². The minimum Gasteiger partial charge on any atom is -0.368 e. The van der Waals surface area contributed by atoms with E-state index in [2.05, 4.69) is 15.0 Å². The summed E-state index contributed by atoms with van der Waals surface area (Å²) < 4.78 is 0. The first-order valence-corrected chi connectivity index (χ1v) is 5.05. The van der Waals surface area contributed by atoms with Crippen LogP contribution in [0.15, 0.2) is 18.2 Å². The molecule has 0 saturated heterocycles. The zero-order valence-corrected chi connectivity index (χ0v) is 9.50. The fraction of sp³-hybridized carbons (Fsp3) is 0. The molecule has 0 radical (unpaired) electrons. The number of hydrogen-bond acceptors (Lipinski definition) is 5. The van der Waals surface area contributed by atoms with Gasteiger partial charge in [-0.1, -0.05) is 29.3 Å². The molecular weight excluding hydrogens is 249 g/mol. The lowest BCUT2D eigenvalue weighted by Gasteiger charge is -2.05. The molecule has 1 aromatic heterocycles. The second kappa shape index (κ2) is 4.11. The number of nitrogens with two attached hydrogens (primary N) is 2. The number of hydrogen-bond donors (Lipinski definition) is 2. The second-order valence-corrected chi connectivity index (χ2v) is 3.79. The van der Waals surface area contributed by atoms with Crippen LogP contribution in [0.3, 0.4) is 0 Å². The van der Waals surface area contributed by atoms with E-state index < -0.39 is 0 Å². The third-order valence-corrected chi connectivity index (χ3v) is 2.49. The van der Waals surface area contributed by atoms with Crippen molar-refractivity contribution in [3.63, 3.8) is 0 Å². The van der Waals surface area contributed by atoms with E-state index in [0.29, 0.717) is 15.6 Å². The Hall–Kier alpha value is -1.59. The van der Waals surface area contributed by atoms with Gasteiger partial charge in [0.1, 0.15) is 0 Å². The molecule has 5 nitrogen and oxygen atoms in total. The normalized spacial score (nSPS) is 10.4. The molecule has 2 rings (SSSR count). The highest BCUT2D eigenvalue weighted by atomic mass is 35.5. The molecule has 0 aliphatic rings. The monoisotopic (exact) mass is 255 g/mol. The third kappa shape index (κ3) is 2.00. The minimum atomic E-state index is 0.0264. The van der Waals surface area contributed by atoms with Gasteiger partial charge in [0.25, 0.3) is 0 Å². The van der Waals surface area contributed by atoms with Gasteiger partial charge < -0.3 is 11.5 Å². The number of halogens is 2. The SMILES string of the molecule is Nc1nc(N)nc(-c2c(Cl)cccc2Cl)n1. The van der Waals surface area contributed by atoms with Crippen LogP contribution in [-0.2, 0) is 0 Å². The number of benzene rings is 1. The van der Waals surface area contributed by atoms with Crippen LogP contribution < -0.4 is 11.5 Å². The molecule has 7 heteroatoms. The summed E-state index contributed by atoms with van der Waals surface area (Å²) in [5.41, 5.74) is 11.4. The molecule has 0 aliphatic carbocycles. The summed E-state index contributed by atoms with van der Waals surface area (Å²) in [5.74, 6) is 0.317. The number of aromatic nitrogens is 3. The van der Waals surface area contributed by atoms with Gasteiger partial charge in [0.15, 0.2) is 5.82 Å². The van der Waals surface area contributed by atoms with E-state index in [0.717, 1.165) is 0 Å². The van der Waals surface area contributed by atoms with Crippen molar-refractivity contribution in [3.8, 4) is 11.4 Å². The summed E-state index contributed by atoms with van der Waals surface area (Å²) in [4.78, 5) is 11.5. The topological polar surface area (TPSA) is 90.7 Å². The first-order valence-electron chi connectivity index (χ1n) is 4.29. The van der Waals surface area contributed by atoms with Gasteiger partial charge in [0, 0.05) is 0 Å². The van der Waals surface area contributed by atoms with Gasteiger partial charge in [-0.3, -0.25) is 0 Å². The van der Waals surface area contributed by atoms with E-state index >= 15 is 0 Å². The fourth-order valence-corrected chi connectivity index (χ4v) is 1.80. The summed E-state index contributed by atoms with van der Waals surface area (Å²) in [7, 11) is 0. The number of nitrogen functional groups attached to an aromatic ring is 2. The third-order valence-electron chi connectivity index (χ3n) is 1.86. The highest BCUT2D eigenvalue weighted by Crippen LogP contribution is 2.32. The van der Waals surface area contributed by atoms with E-state index in [1.165, 1.54) is 0 Å². The maximum Gasteiger partial charge on any atom is 0.225 e. The number of rotatable bonds is 1. The Labute approximate surface area is 101 Å². The Balaban J connectivity index is 2.67. The summed E-state index contributed by atoms with van der Waals surface area (Å²) >= 11 is 12.0. The zero-order valence-electron chi connectivity index (χ0n) is 7.98. The highest BCUT2D eigenvalue weighted by molar-refractivity contribution is 6.38. The van der Waals surface area contributed by atoms with Crippen molar-refractivity contribution in [1.29, 1.82) is 0 Å². The van der Waals surface area contributed by atoms with Gasteiger partial charge in [-0.2, -0.15) is 15.0 Å². The number of anilines is 2. The lowest BCUT2D eigenvalue weighted by Crippen LogP contribution is -2.04. The molecule has 16 heavy (non-hydrogen) atoms. The molecule has 0 atom stereocenters. The van der Waals surface area contributed by atoms with Crippen molar-refractivity contribution in [2.75, 3.05) is 11.5 Å². The Morgan fingerprint density at radius 1 is 0.875 bits per heavy atom. The van der Waals surface area contributed by atoms with E-state index in [1.807, 2.05) is 0 Å². The van der Waals surface area contributed by atoms with Gasteiger partial charge in [-0.25, -0.2) is 0 Å². The molecule has 4 N–H and O–H groups in total. The Kier molecular flexibility index (Phi) is 2.80. The van der Waals surface area contributed by atoms with Crippen molar-refractivity contribution >= 4 is 35.1 Å². The smallest absolute Gasteiger partial charge is 0.225 e. The number of nitrogens with zero attached hydrogens (tertiary/aromatic N) is 3. The van der Waals surface area contributed by atoms with Crippen LogP contribution in [0, 0.1) is 0 Å². The predicted molar refractivity (Wildman–Crippen MR) is 64.1 cm³/mol. The standard InChI is InChI=1S/C9H7Cl2N5/c10-4-2-1-3-5(11)6(4)7-14-8(12)16-9(13)15-7/h1-3H,(H4,12,13,14,15,16). The zero-order chi connectivity index (χ0) is 11.7. The first kappa shape index (κ1) is 10.9. The van der Waals surface area contributed by atoms with Crippen LogP contribution in [0.25, 0.3) is 11.4 Å². The van der Waals surface area contributed by atoms with Crippen molar-refractivity contribution in [1.82, 2.24) is 15.0 Å². The molecule has 0 amide bonds. The largest absolute Gasteiger partial charge is 0.368 e. The van der Waals surface area contributed by atoms with E-state index in [9.17, 15) is 0 Å². The van der Waals surface area contributed by atoms with Gasteiger partial charge in [0.2, 0.25) is 11.9 Å². The van der Waals surface area contributed by atoms with Crippen LogP contribution in [0.2, 0.25) is 10.0 Å². The lowest BCUT2D eigenvalue weighted by molar-refractivity contribution is 1.09. The summed E-state index contributed by atoms with van der Waals surface area (Å²) in [5, 5.41) is 0.856. The van der Waals surface area contributed by atoms with Crippen LogP contribution in [0.5, 0.6) is 0 Å². The lowest BCUT2D eigenvalue weighted by atomic mass is 10.2. The van der Waals surface area contributed by atoms with Gasteiger partial charge in [-0.05, 0) is 12.1 Å². The highest BCUT2D eigenvalue weighted by Gasteiger charge is 2.12. The minimum absolute atomic E-state index is 0.0264. The van der Waals surface area contributed by atoms with Crippen LogP contribution >= 0.6 is 23.2 Å². The second-order valence-electron chi connectivity index (χ2n) is 2.97. The molecule has 0 spiro atoms. The average molecular weight is 256 g/mol. The molecule has 1 aromatic carbocycles. The molecule has 82 valence electrons. The van der Waals surface area contributed by atoms with Crippen molar-refractivity contribution < 1.29 is 0 Å². The van der Waals surface area contributed by atoms with Crippen molar-refractivity contribution in [2.45, 2.75) is 0 Å². The molecule has 0 aliphatic heterocycles. The van der Waals surface area contributed by atoms with Crippen LogP contribution in [0.4, 0.5) is 11.9 Å². The quantitative estimate of drug-likeness (QED) is 0.814. The predicted octanol–water partition coefficient (Wildman–Crippen LogP) is 2.01. The molecule has 0 bridgehead atoms. The molecular formula is C9H7Cl2N5. The van der Waals surface area contributed by atoms with Gasteiger partial charge >= 0.3 is 0 Å². The molecule has 0 fully saturated rings. The first-order chi connectivity index (χ1) is 7.58. The molecule has 0 unspecified atom stereocenters. The summed E-state index contributed by atoms with van der Waals surface area (Å²) in [6.07, 6.45) is 0. The van der Waals surface area contributed by atoms with E-state index in [-0.39, 0.29) is 17.7 Å². The molecule has 1 heterocycles. The Morgan fingerprint density at radius 2 is 1.38 bits per heavy atom. The van der Waals surface area contributed by atoms with Crippen molar-refractivity contribution in [3.05, 3.63) is 28.2 Å². The Bertz CT molecular complexity index is 503. The maximum atomic E-state index is 6.00. The van der Waals surface area contributed by atoms with Gasteiger partial charge in [0.05, 0.1) is 15.6 Å². The Morgan fingerprint density at radius 3 is 1.88 bits per heavy atom. The van der Waals surface area contributed by atoms with Crippen LogP contribution in [-0.4, -0.2) is 15.0 Å². The maximum absolute atomic E-state index is 6.00. The average Bonchev–Trinajstić information content (AvgIpc) is 2.15. The van der Waals surface area contributed by atoms with E-state index in [4.69, 9.17) is 34.7 Å². The summed E-state index contributed by atoms with van der Waals surface area (Å²) in [6.45, 7) is 0. The van der Waals surface area contributed by atoms with Gasteiger partial charge in [-0.15, -0.1) is 0 Å².